The number of carbonyl (C=O) groups excluding carboxylic acids is 1. The maximum absolute atomic E-state index is 12.5. The van der Waals surface area contributed by atoms with Gasteiger partial charge in [0.05, 0.1) is 12.9 Å². The molecular formula is C11H19ClN4O3S. The largest absolute Gasteiger partial charge is 0.348 e. The highest BCUT2D eigenvalue weighted by Gasteiger charge is 2.31. The molecule has 0 radical (unpaired) electrons. The van der Waals surface area contributed by atoms with Crippen LogP contribution in [0.5, 0.6) is 0 Å². The summed E-state index contributed by atoms with van der Waals surface area (Å²) in [7, 11) is 0.873. The average Bonchev–Trinajstić information content (AvgIpc) is 2.69. The van der Waals surface area contributed by atoms with Crippen LogP contribution >= 0.6 is 11.6 Å². The Morgan fingerprint density at radius 1 is 1.45 bits per heavy atom. The maximum atomic E-state index is 12.5. The van der Waals surface area contributed by atoms with E-state index in [1.807, 2.05) is 6.92 Å². The summed E-state index contributed by atoms with van der Waals surface area (Å²) < 4.78 is 27.5. The smallest absolute Gasteiger partial charge is 0.264 e. The third-order valence-electron chi connectivity index (χ3n) is 2.70. The Labute approximate surface area is 124 Å². The van der Waals surface area contributed by atoms with Crippen molar-refractivity contribution in [1.82, 2.24) is 18.8 Å². The molecule has 1 heterocycles. The van der Waals surface area contributed by atoms with E-state index in [2.05, 4.69) is 4.98 Å². The molecule has 20 heavy (non-hydrogen) atoms. The molecule has 1 aromatic rings. The van der Waals surface area contributed by atoms with Crippen LogP contribution in [0, 0.1) is 0 Å². The number of hydrogen-bond donors (Lipinski definition) is 0. The van der Waals surface area contributed by atoms with Crippen LogP contribution < -0.4 is 0 Å². The van der Waals surface area contributed by atoms with Crippen molar-refractivity contribution < 1.29 is 13.2 Å². The minimum atomic E-state index is -3.88. The predicted octanol–water partition coefficient (Wildman–Crippen LogP) is 0.562. The number of imidazole rings is 1. The molecule has 0 saturated heterocycles. The second kappa shape index (κ2) is 6.55. The van der Waals surface area contributed by atoms with E-state index < -0.39 is 10.0 Å². The van der Waals surface area contributed by atoms with Crippen LogP contribution in [0.1, 0.15) is 13.3 Å². The van der Waals surface area contributed by atoms with Crippen molar-refractivity contribution in [2.75, 3.05) is 27.2 Å². The highest BCUT2D eigenvalue weighted by molar-refractivity contribution is 7.89. The van der Waals surface area contributed by atoms with E-state index in [-0.39, 0.29) is 29.2 Å². The summed E-state index contributed by atoms with van der Waals surface area (Å²) in [6.07, 6.45) is 1.91. The van der Waals surface area contributed by atoms with Gasteiger partial charge in [-0.1, -0.05) is 18.5 Å². The third kappa shape index (κ3) is 3.50. The minimum absolute atomic E-state index is 0.0309. The SMILES string of the molecule is CCCN(CC(=O)N(C)C)S(=O)(=O)c1ncn(C)c1Cl. The van der Waals surface area contributed by atoms with E-state index in [1.165, 1.54) is 15.8 Å². The summed E-state index contributed by atoms with van der Waals surface area (Å²) in [4.78, 5) is 16.9. The molecule has 0 atom stereocenters. The fraction of sp³-hybridized carbons (Fsp3) is 0.636. The van der Waals surface area contributed by atoms with Crippen LogP contribution in [0.4, 0.5) is 0 Å². The molecule has 0 aliphatic heterocycles. The van der Waals surface area contributed by atoms with Crippen LogP contribution in [0.15, 0.2) is 11.4 Å². The standard InChI is InChI=1S/C11H19ClN4O3S/c1-5-6-16(7-9(17)14(2)3)20(18,19)11-10(12)15(4)8-13-11/h8H,5-7H2,1-4H3. The van der Waals surface area contributed by atoms with E-state index in [4.69, 9.17) is 11.6 Å². The topological polar surface area (TPSA) is 75.5 Å². The molecule has 0 fully saturated rings. The molecule has 1 rings (SSSR count). The Balaban J connectivity index is 3.13. The van der Waals surface area contributed by atoms with Crippen LogP contribution in [0.2, 0.25) is 5.15 Å². The first-order chi connectivity index (χ1) is 9.21. The number of halogens is 1. The van der Waals surface area contributed by atoms with E-state index in [9.17, 15) is 13.2 Å². The van der Waals surface area contributed by atoms with Gasteiger partial charge < -0.3 is 9.47 Å². The first kappa shape index (κ1) is 16.9. The average molecular weight is 323 g/mol. The summed E-state index contributed by atoms with van der Waals surface area (Å²) in [6, 6.07) is 0. The molecule has 0 unspecified atom stereocenters. The highest BCUT2D eigenvalue weighted by atomic mass is 35.5. The summed E-state index contributed by atoms with van der Waals surface area (Å²) in [5.74, 6) is -0.297. The zero-order valence-corrected chi connectivity index (χ0v) is 13.6. The quantitative estimate of drug-likeness (QED) is 0.767. The highest BCUT2D eigenvalue weighted by Crippen LogP contribution is 2.22. The number of rotatable bonds is 6. The molecule has 0 bridgehead atoms. The lowest BCUT2D eigenvalue weighted by Crippen LogP contribution is -2.40. The van der Waals surface area contributed by atoms with Gasteiger partial charge in [-0.05, 0) is 6.42 Å². The zero-order valence-electron chi connectivity index (χ0n) is 12.0. The van der Waals surface area contributed by atoms with E-state index in [1.54, 1.807) is 21.1 Å². The molecule has 9 heteroatoms. The fourth-order valence-corrected chi connectivity index (χ4v) is 3.39. The normalized spacial score (nSPS) is 11.9. The van der Waals surface area contributed by atoms with Gasteiger partial charge in [0.15, 0.2) is 0 Å². The number of likely N-dealkylation sites (N-methyl/N-ethyl adjacent to an activating group) is 1. The van der Waals surface area contributed by atoms with Crippen molar-refractivity contribution in [2.24, 2.45) is 7.05 Å². The van der Waals surface area contributed by atoms with Crippen molar-refractivity contribution in [2.45, 2.75) is 18.4 Å². The number of aromatic nitrogens is 2. The zero-order chi connectivity index (χ0) is 15.5. The fourth-order valence-electron chi connectivity index (χ4n) is 1.52. The summed E-state index contributed by atoms with van der Waals surface area (Å²) >= 11 is 5.94. The molecule has 0 aliphatic carbocycles. The third-order valence-corrected chi connectivity index (χ3v) is 5.04. The minimum Gasteiger partial charge on any atom is -0.348 e. The van der Waals surface area contributed by atoms with Gasteiger partial charge in [0, 0.05) is 27.7 Å². The second-order valence-corrected chi connectivity index (χ2v) is 6.79. The molecule has 0 aromatic carbocycles. The van der Waals surface area contributed by atoms with Crippen molar-refractivity contribution >= 4 is 27.5 Å². The van der Waals surface area contributed by atoms with Crippen LogP contribution in [0.3, 0.4) is 0 Å². The van der Waals surface area contributed by atoms with Gasteiger partial charge in [0.25, 0.3) is 10.0 Å². The van der Waals surface area contributed by atoms with Crippen molar-refractivity contribution in [3.8, 4) is 0 Å². The Bertz CT molecular complexity index is 582. The number of carbonyl (C=O) groups is 1. The van der Waals surface area contributed by atoms with Crippen molar-refractivity contribution in [3.05, 3.63) is 11.5 Å². The number of sulfonamides is 1. The van der Waals surface area contributed by atoms with E-state index in [0.717, 1.165) is 4.31 Å². The summed E-state index contributed by atoms with van der Waals surface area (Å²) in [6.45, 7) is 1.84. The van der Waals surface area contributed by atoms with Crippen molar-refractivity contribution in [3.63, 3.8) is 0 Å². The van der Waals surface area contributed by atoms with E-state index >= 15 is 0 Å². The summed E-state index contributed by atoms with van der Waals surface area (Å²) in [5, 5.41) is -0.190. The van der Waals surface area contributed by atoms with Gasteiger partial charge in [-0.25, -0.2) is 13.4 Å². The lowest BCUT2D eigenvalue weighted by atomic mass is 10.4. The Hall–Kier alpha value is -1.12. The molecule has 0 aliphatic rings. The molecule has 1 amide bonds. The molecule has 0 spiro atoms. The van der Waals surface area contributed by atoms with Gasteiger partial charge in [-0.15, -0.1) is 0 Å². The molecule has 7 nitrogen and oxygen atoms in total. The van der Waals surface area contributed by atoms with E-state index in [0.29, 0.717) is 6.42 Å². The predicted molar refractivity (Wildman–Crippen MR) is 76.0 cm³/mol. The van der Waals surface area contributed by atoms with Crippen molar-refractivity contribution in [1.29, 1.82) is 0 Å². The number of amides is 1. The monoisotopic (exact) mass is 322 g/mol. The second-order valence-electron chi connectivity index (χ2n) is 4.58. The molecule has 1 aromatic heterocycles. The number of hydrogen-bond acceptors (Lipinski definition) is 4. The summed E-state index contributed by atoms with van der Waals surface area (Å²) in [5.41, 5.74) is 0. The van der Waals surface area contributed by atoms with Crippen LogP contribution in [-0.4, -0.2) is 60.3 Å². The Morgan fingerprint density at radius 2 is 2.05 bits per heavy atom. The van der Waals surface area contributed by atoms with Gasteiger partial charge in [0.1, 0.15) is 5.15 Å². The van der Waals surface area contributed by atoms with Crippen LogP contribution in [-0.2, 0) is 21.9 Å². The number of nitrogens with zero attached hydrogens (tertiary/aromatic N) is 4. The van der Waals surface area contributed by atoms with Gasteiger partial charge >= 0.3 is 0 Å². The number of aryl methyl sites for hydroxylation is 1. The first-order valence-corrected chi connectivity index (χ1v) is 7.90. The maximum Gasteiger partial charge on any atom is 0.264 e. The first-order valence-electron chi connectivity index (χ1n) is 6.09. The molecule has 0 N–H and O–H groups in total. The molecule has 114 valence electrons. The molecular weight excluding hydrogens is 304 g/mol. The van der Waals surface area contributed by atoms with Gasteiger partial charge in [-0.2, -0.15) is 4.31 Å². The van der Waals surface area contributed by atoms with Crippen LogP contribution in [0.25, 0.3) is 0 Å². The Kier molecular flexibility index (Phi) is 5.55. The van der Waals surface area contributed by atoms with Gasteiger partial charge in [0.2, 0.25) is 10.9 Å². The molecule has 0 saturated carbocycles. The van der Waals surface area contributed by atoms with Gasteiger partial charge in [-0.3, -0.25) is 4.79 Å². The lowest BCUT2D eigenvalue weighted by Gasteiger charge is -2.21. The lowest BCUT2D eigenvalue weighted by molar-refractivity contribution is -0.128. The Morgan fingerprint density at radius 3 is 2.45 bits per heavy atom.